The number of allylic oxidation sites excluding steroid dienone is 3. The number of carbonyl (C=O) groups excluding carboxylic acids is 3. The van der Waals surface area contributed by atoms with E-state index >= 15 is 0 Å². The fourth-order valence-electron chi connectivity index (χ4n) is 12.5. The van der Waals surface area contributed by atoms with Gasteiger partial charge in [0.1, 0.15) is 98.7 Å². The average Bonchev–Trinajstić information content (AvgIpc) is 0.769. The summed E-state index contributed by atoms with van der Waals surface area (Å²) in [5.74, 6) is -1.54. The van der Waals surface area contributed by atoms with E-state index in [1.807, 2.05) is 6.08 Å². The quantitative estimate of drug-likeness (QED) is 0.00673. The number of esters is 3. The fourth-order valence-corrected chi connectivity index (χ4v) is 13.5. The molecule has 0 aromatic rings. The van der Waals surface area contributed by atoms with Crippen LogP contribution in [0.3, 0.4) is 0 Å². The summed E-state index contributed by atoms with van der Waals surface area (Å²) < 4.78 is 64.8. The van der Waals surface area contributed by atoms with Gasteiger partial charge < -0.3 is 89.1 Å². The van der Waals surface area contributed by atoms with E-state index in [9.17, 15) is 74.9 Å². The first-order valence-electron chi connectivity index (χ1n) is 37.6. The molecule has 25 heteroatoms. The molecule has 2 saturated heterocycles. The van der Waals surface area contributed by atoms with Gasteiger partial charge in [0.15, 0.2) is 18.7 Å². The summed E-state index contributed by atoms with van der Waals surface area (Å²) in [5, 5.41) is 110. The van der Waals surface area contributed by atoms with Crippen molar-refractivity contribution in [2.45, 2.75) is 382 Å². The second kappa shape index (κ2) is 53.3. The molecule has 2 aliphatic heterocycles. The van der Waals surface area contributed by atoms with Crippen molar-refractivity contribution in [3.05, 3.63) is 24.3 Å². The maximum absolute atomic E-state index is 14.3. The standard InChI is InChI=1S/C72H131O24P/c1-5-8-11-14-17-19-21-22-23-24-26-28-30-36-41-46-57(75)89-51-55-60(78)62(80)67(85)72(93-55)95-69-65(83)63(81)64(82)68(94-71-66(84)61(79)59(77)54(48-73)92-71)70(69)96-97(86,87)90-50-53(49-88-56(74)45-40-35-29-27-25-20-18-15-12-9-6-2)91-58(76)47-42-37-32-31-34-39-44-52(4)43-38-33-16-13-10-7-3/h30,36,41,46,52-55,59-73,77-85H,5-29,31-35,37-40,42-45,47-51H2,1-4H3,(H,86,87)/b36-30+,46-41+. The fraction of sp³-hybridized carbons (Fsp3) is 0.903. The Morgan fingerprint density at radius 2 is 0.856 bits per heavy atom. The molecule has 0 aromatic carbocycles. The Balaban J connectivity index is 1.76. The SMILES string of the molecule is CCCCCCCCCCCCC/C=C/C=C/C(=O)OCC1OC(OC2C(O)C(O)C(O)C(OC3OC(CO)C(O)C(O)C3O)C2OP(=O)(O)OCC(COC(=O)CCCCCCCCCCCCC)OC(=O)CCCCCCCCC(C)CCCCCCCC)C(O)C(O)C1O. The lowest BCUT2D eigenvalue weighted by atomic mass is 9.84. The number of phosphoric ester groups is 1. The zero-order chi connectivity index (χ0) is 71.2. The van der Waals surface area contributed by atoms with Gasteiger partial charge in [-0.25, -0.2) is 9.36 Å². The van der Waals surface area contributed by atoms with Gasteiger partial charge in [-0.2, -0.15) is 0 Å². The molecule has 0 bridgehead atoms. The van der Waals surface area contributed by atoms with Crippen LogP contribution in [-0.2, 0) is 61.2 Å². The van der Waals surface area contributed by atoms with E-state index in [-0.39, 0.29) is 12.8 Å². The lowest BCUT2D eigenvalue weighted by Crippen LogP contribution is -2.69. The summed E-state index contributed by atoms with van der Waals surface area (Å²) in [6, 6.07) is 0. The van der Waals surface area contributed by atoms with Gasteiger partial charge >= 0.3 is 25.7 Å². The predicted molar refractivity (Wildman–Crippen MR) is 365 cm³/mol. The van der Waals surface area contributed by atoms with Crippen LogP contribution >= 0.6 is 7.82 Å². The normalized spacial score (nSPS) is 28.2. The number of rotatable bonds is 57. The van der Waals surface area contributed by atoms with E-state index in [1.165, 1.54) is 141 Å². The number of phosphoric acid groups is 1. The van der Waals surface area contributed by atoms with Crippen molar-refractivity contribution in [3.63, 3.8) is 0 Å². The third-order valence-electron chi connectivity index (χ3n) is 18.7. The van der Waals surface area contributed by atoms with Crippen LogP contribution in [0.15, 0.2) is 24.3 Å². The van der Waals surface area contributed by atoms with Crippen molar-refractivity contribution in [3.8, 4) is 0 Å². The number of carbonyl (C=O) groups is 3. The summed E-state index contributed by atoms with van der Waals surface area (Å²) in [7, 11) is -5.70. The molecule has 568 valence electrons. The number of ether oxygens (including phenoxy) is 7. The molecule has 0 radical (unpaired) electrons. The number of hydrogen-bond acceptors (Lipinski definition) is 23. The topological polar surface area (TPSA) is 374 Å². The van der Waals surface area contributed by atoms with Crippen molar-refractivity contribution >= 4 is 25.7 Å². The van der Waals surface area contributed by atoms with E-state index in [0.29, 0.717) is 18.8 Å². The van der Waals surface area contributed by atoms with Gasteiger partial charge in [0.2, 0.25) is 0 Å². The highest BCUT2D eigenvalue weighted by molar-refractivity contribution is 7.47. The van der Waals surface area contributed by atoms with Gasteiger partial charge in [-0.1, -0.05) is 258 Å². The first kappa shape index (κ1) is 88.7. The monoisotopic (exact) mass is 1410 g/mol. The van der Waals surface area contributed by atoms with Gasteiger partial charge in [-0.15, -0.1) is 0 Å². The minimum atomic E-state index is -5.70. The molecule has 0 aromatic heterocycles. The Labute approximate surface area is 579 Å². The highest BCUT2D eigenvalue weighted by Crippen LogP contribution is 2.49. The number of aliphatic hydroxyl groups excluding tert-OH is 10. The summed E-state index contributed by atoms with van der Waals surface area (Å²) in [4.78, 5) is 50.9. The highest BCUT2D eigenvalue weighted by Gasteiger charge is 2.58. The Morgan fingerprint density at radius 3 is 1.32 bits per heavy atom. The van der Waals surface area contributed by atoms with Gasteiger partial charge in [-0.3, -0.25) is 18.6 Å². The average molecular weight is 1410 g/mol. The molecule has 0 amide bonds. The van der Waals surface area contributed by atoms with Crippen LogP contribution < -0.4 is 0 Å². The summed E-state index contributed by atoms with van der Waals surface area (Å²) in [5.41, 5.74) is 0. The second-order valence-corrected chi connectivity index (χ2v) is 28.8. The molecule has 24 nitrogen and oxygen atoms in total. The van der Waals surface area contributed by atoms with E-state index < -0.39 is 156 Å². The van der Waals surface area contributed by atoms with Gasteiger partial charge in [0, 0.05) is 18.9 Å². The molecule has 1 aliphatic carbocycles. The van der Waals surface area contributed by atoms with Crippen LogP contribution in [0.4, 0.5) is 0 Å². The van der Waals surface area contributed by atoms with Crippen LogP contribution in [0.5, 0.6) is 0 Å². The summed E-state index contributed by atoms with van der Waals surface area (Å²) in [6.07, 6.45) is 11.8. The Bertz CT molecular complexity index is 2120. The van der Waals surface area contributed by atoms with Crippen molar-refractivity contribution in [1.29, 1.82) is 0 Å². The second-order valence-electron chi connectivity index (χ2n) is 27.4. The third kappa shape index (κ3) is 36.9. The van der Waals surface area contributed by atoms with Crippen molar-refractivity contribution < 1.29 is 117 Å². The van der Waals surface area contributed by atoms with Crippen molar-refractivity contribution in [2.75, 3.05) is 26.4 Å². The first-order chi connectivity index (χ1) is 46.7. The zero-order valence-corrected chi connectivity index (χ0v) is 60.2. The van der Waals surface area contributed by atoms with E-state index in [1.54, 1.807) is 6.08 Å². The third-order valence-corrected chi connectivity index (χ3v) is 19.7. The molecule has 97 heavy (non-hydrogen) atoms. The summed E-state index contributed by atoms with van der Waals surface area (Å²) >= 11 is 0. The van der Waals surface area contributed by atoms with Gasteiger partial charge in [0.25, 0.3) is 0 Å². The van der Waals surface area contributed by atoms with Crippen LogP contribution in [0.1, 0.15) is 278 Å². The van der Waals surface area contributed by atoms with Gasteiger partial charge in [0.05, 0.1) is 13.2 Å². The molecule has 19 atom stereocenters. The Hall–Kier alpha value is -2.56. The molecule has 1 saturated carbocycles. The smallest absolute Gasteiger partial charge is 0.462 e. The van der Waals surface area contributed by atoms with E-state index in [0.717, 1.165) is 96.0 Å². The molecular formula is C72H131O24P. The highest BCUT2D eigenvalue weighted by atomic mass is 31.2. The lowest BCUT2D eigenvalue weighted by Gasteiger charge is -2.49. The lowest BCUT2D eigenvalue weighted by molar-refractivity contribution is -0.360. The van der Waals surface area contributed by atoms with E-state index in [4.69, 9.17) is 42.2 Å². The van der Waals surface area contributed by atoms with Crippen molar-refractivity contribution in [2.24, 2.45) is 5.92 Å². The Morgan fingerprint density at radius 1 is 0.454 bits per heavy atom. The minimum absolute atomic E-state index is 0.0414. The number of hydrogen-bond donors (Lipinski definition) is 11. The predicted octanol–water partition coefficient (Wildman–Crippen LogP) is 9.98. The van der Waals surface area contributed by atoms with Crippen LogP contribution in [0, 0.1) is 5.92 Å². The minimum Gasteiger partial charge on any atom is -0.462 e. The number of unbranched alkanes of at least 4 members (excludes halogenated alkanes) is 31. The van der Waals surface area contributed by atoms with Crippen molar-refractivity contribution in [1.82, 2.24) is 0 Å². The molecule has 3 rings (SSSR count). The Kier molecular flexibility index (Phi) is 48.7. The molecule has 0 spiro atoms. The van der Waals surface area contributed by atoms with Crippen LogP contribution in [0.25, 0.3) is 0 Å². The maximum Gasteiger partial charge on any atom is 0.472 e. The first-order valence-corrected chi connectivity index (χ1v) is 39.0. The summed E-state index contributed by atoms with van der Waals surface area (Å²) in [6.45, 7) is 5.66. The van der Waals surface area contributed by atoms with E-state index in [2.05, 4.69) is 27.7 Å². The van der Waals surface area contributed by atoms with Crippen LogP contribution in [0.2, 0.25) is 0 Å². The zero-order valence-electron chi connectivity index (χ0n) is 59.3. The number of aliphatic hydroxyl groups is 10. The van der Waals surface area contributed by atoms with Crippen LogP contribution in [-0.4, -0.2) is 204 Å². The molecule has 19 unspecified atom stereocenters. The molecule has 2 heterocycles. The molecule has 3 fully saturated rings. The van der Waals surface area contributed by atoms with Gasteiger partial charge in [-0.05, 0) is 31.6 Å². The largest absolute Gasteiger partial charge is 0.472 e. The maximum atomic E-state index is 14.3. The molecular weight excluding hydrogens is 1280 g/mol. The molecule has 3 aliphatic rings. The molecule has 11 N–H and O–H groups in total.